The summed E-state index contributed by atoms with van der Waals surface area (Å²) in [5, 5.41) is 17.4. The monoisotopic (exact) mass is 212 g/mol. The highest BCUT2D eigenvalue weighted by Gasteiger charge is 2.08. The van der Waals surface area contributed by atoms with E-state index < -0.39 is 5.97 Å². The lowest BCUT2D eigenvalue weighted by Gasteiger charge is -2.04. The molecule has 0 amide bonds. The summed E-state index contributed by atoms with van der Waals surface area (Å²) < 4.78 is 4.92. The summed E-state index contributed by atoms with van der Waals surface area (Å²) in [6.45, 7) is 4.96. The molecule has 0 aliphatic rings. The number of nitrogens with zero attached hydrogens (tertiary/aromatic N) is 2. The van der Waals surface area contributed by atoms with Crippen LogP contribution in [0.4, 0.5) is 0 Å². The van der Waals surface area contributed by atoms with E-state index >= 15 is 0 Å². The molecule has 1 aromatic carbocycles. The number of carbonyl (C=O) groups excluding carboxylic acids is 1. The zero-order chi connectivity index (χ0) is 12.1. The van der Waals surface area contributed by atoms with Gasteiger partial charge >= 0.3 is 5.97 Å². The number of ether oxygens (including phenoxy) is 1. The third-order valence-electron chi connectivity index (χ3n) is 1.79. The molecule has 0 radical (unpaired) electrons. The Labute approximate surface area is 93.0 Å². The molecule has 1 aromatic rings. The quantitative estimate of drug-likeness (QED) is 0.426. The standard InChI is InChI=1S/C12H8N2O2/c1-8(2)12(15)16-11-4-3-9(6-13)10(5-11)7-14/h3-5H,1H2,2H3. The van der Waals surface area contributed by atoms with Crippen LogP contribution in [0.5, 0.6) is 5.75 Å². The minimum absolute atomic E-state index is 0.175. The Morgan fingerprint density at radius 2 is 1.94 bits per heavy atom. The van der Waals surface area contributed by atoms with E-state index in [1.807, 2.05) is 12.1 Å². The molecule has 0 heterocycles. The van der Waals surface area contributed by atoms with E-state index in [4.69, 9.17) is 15.3 Å². The van der Waals surface area contributed by atoms with Crippen molar-refractivity contribution in [3.63, 3.8) is 0 Å². The molecule has 16 heavy (non-hydrogen) atoms. The van der Waals surface area contributed by atoms with Crippen molar-refractivity contribution in [1.82, 2.24) is 0 Å². The molecule has 0 saturated carbocycles. The van der Waals surface area contributed by atoms with Gasteiger partial charge < -0.3 is 4.74 Å². The molecule has 0 saturated heterocycles. The molecule has 0 aliphatic carbocycles. The molecular weight excluding hydrogens is 204 g/mol. The van der Waals surface area contributed by atoms with Crippen LogP contribution in [0.3, 0.4) is 0 Å². The molecule has 0 atom stereocenters. The van der Waals surface area contributed by atoms with Crippen LogP contribution in [0.15, 0.2) is 30.4 Å². The number of carbonyl (C=O) groups is 1. The summed E-state index contributed by atoms with van der Waals surface area (Å²) in [7, 11) is 0. The minimum atomic E-state index is -0.561. The largest absolute Gasteiger partial charge is 0.423 e. The second-order valence-corrected chi connectivity index (χ2v) is 3.10. The predicted octanol–water partition coefficient (Wildman–Crippen LogP) is 1.91. The van der Waals surface area contributed by atoms with Gasteiger partial charge in [0.25, 0.3) is 0 Å². The van der Waals surface area contributed by atoms with Crippen LogP contribution in [0.2, 0.25) is 0 Å². The number of benzene rings is 1. The van der Waals surface area contributed by atoms with Crippen molar-refractivity contribution in [3.05, 3.63) is 41.5 Å². The van der Waals surface area contributed by atoms with Gasteiger partial charge in [0.05, 0.1) is 11.1 Å². The molecule has 0 N–H and O–H groups in total. The Balaban J connectivity index is 3.03. The maximum absolute atomic E-state index is 11.2. The van der Waals surface area contributed by atoms with Gasteiger partial charge in [0.2, 0.25) is 0 Å². The molecule has 0 spiro atoms. The Kier molecular flexibility index (Phi) is 3.42. The van der Waals surface area contributed by atoms with Crippen LogP contribution in [0.25, 0.3) is 0 Å². The Hall–Kier alpha value is -2.59. The Morgan fingerprint density at radius 3 is 2.44 bits per heavy atom. The van der Waals surface area contributed by atoms with E-state index in [1.54, 1.807) is 0 Å². The SMILES string of the molecule is C=C(C)C(=O)Oc1ccc(C#N)c(C#N)c1. The normalized spacial score (nSPS) is 8.69. The van der Waals surface area contributed by atoms with Crippen molar-refractivity contribution in [2.75, 3.05) is 0 Å². The van der Waals surface area contributed by atoms with Crippen molar-refractivity contribution in [1.29, 1.82) is 10.5 Å². The van der Waals surface area contributed by atoms with Gasteiger partial charge in [0, 0.05) is 11.6 Å². The van der Waals surface area contributed by atoms with Crippen LogP contribution in [-0.2, 0) is 4.79 Å². The van der Waals surface area contributed by atoms with Gasteiger partial charge in [0.1, 0.15) is 17.9 Å². The van der Waals surface area contributed by atoms with Crippen molar-refractivity contribution in [2.45, 2.75) is 6.92 Å². The summed E-state index contributed by atoms with van der Waals surface area (Å²) in [5.74, 6) is -0.336. The van der Waals surface area contributed by atoms with Crippen LogP contribution < -0.4 is 4.74 Å². The molecule has 0 bridgehead atoms. The summed E-state index contributed by atoms with van der Waals surface area (Å²) in [5.41, 5.74) is 0.690. The fourth-order valence-electron chi connectivity index (χ4n) is 0.971. The van der Waals surface area contributed by atoms with E-state index in [0.29, 0.717) is 0 Å². The molecule has 4 heteroatoms. The average molecular weight is 212 g/mol. The van der Waals surface area contributed by atoms with Crippen molar-refractivity contribution < 1.29 is 9.53 Å². The van der Waals surface area contributed by atoms with Crippen LogP contribution in [0, 0.1) is 22.7 Å². The fourth-order valence-corrected chi connectivity index (χ4v) is 0.971. The Morgan fingerprint density at radius 1 is 1.31 bits per heavy atom. The number of rotatable bonds is 2. The number of nitriles is 2. The zero-order valence-corrected chi connectivity index (χ0v) is 8.65. The number of hydrogen-bond donors (Lipinski definition) is 0. The highest BCUT2D eigenvalue weighted by Crippen LogP contribution is 2.17. The molecule has 4 nitrogen and oxygen atoms in total. The summed E-state index contributed by atoms with van der Waals surface area (Å²) in [4.78, 5) is 11.2. The minimum Gasteiger partial charge on any atom is -0.423 e. The maximum atomic E-state index is 11.2. The van der Waals surface area contributed by atoms with Crippen molar-refractivity contribution >= 4 is 5.97 Å². The van der Waals surface area contributed by atoms with E-state index in [-0.39, 0.29) is 22.4 Å². The van der Waals surface area contributed by atoms with Crippen LogP contribution in [0.1, 0.15) is 18.1 Å². The lowest BCUT2D eigenvalue weighted by Crippen LogP contribution is -2.08. The van der Waals surface area contributed by atoms with Crippen molar-refractivity contribution in [3.8, 4) is 17.9 Å². The highest BCUT2D eigenvalue weighted by molar-refractivity contribution is 5.88. The first-order valence-corrected chi connectivity index (χ1v) is 4.40. The molecule has 0 aromatic heterocycles. The second-order valence-electron chi connectivity index (χ2n) is 3.10. The number of hydrogen-bond acceptors (Lipinski definition) is 4. The smallest absolute Gasteiger partial charge is 0.338 e. The third kappa shape index (κ3) is 2.46. The summed E-state index contributed by atoms with van der Waals surface area (Å²) in [6.07, 6.45) is 0. The lowest BCUT2D eigenvalue weighted by atomic mass is 10.1. The topological polar surface area (TPSA) is 73.9 Å². The molecule has 0 fully saturated rings. The first-order chi connectivity index (χ1) is 7.58. The van der Waals surface area contributed by atoms with Gasteiger partial charge in [-0.15, -0.1) is 0 Å². The van der Waals surface area contributed by atoms with Gasteiger partial charge in [-0.1, -0.05) is 6.58 Å². The molecule has 78 valence electrons. The van der Waals surface area contributed by atoms with Gasteiger partial charge in [-0.3, -0.25) is 0 Å². The van der Waals surface area contributed by atoms with E-state index in [9.17, 15) is 4.79 Å². The van der Waals surface area contributed by atoms with Crippen LogP contribution >= 0.6 is 0 Å². The molecular formula is C12H8N2O2. The zero-order valence-electron chi connectivity index (χ0n) is 8.65. The van der Waals surface area contributed by atoms with E-state index in [1.165, 1.54) is 25.1 Å². The molecule has 0 unspecified atom stereocenters. The molecule has 0 aliphatic heterocycles. The first kappa shape index (κ1) is 11.5. The van der Waals surface area contributed by atoms with E-state index in [0.717, 1.165) is 0 Å². The average Bonchev–Trinajstić information content (AvgIpc) is 2.28. The summed E-state index contributed by atoms with van der Waals surface area (Å²) in [6, 6.07) is 7.96. The molecule has 1 rings (SSSR count). The van der Waals surface area contributed by atoms with Gasteiger partial charge in [-0.25, -0.2) is 4.79 Å². The number of esters is 1. The van der Waals surface area contributed by atoms with Gasteiger partial charge in [-0.05, 0) is 19.1 Å². The maximum Gasteiger partial charge on any atom is 0.338 e. The van der Waals surface area contributed by atoms with Crippen LogP contribution in [-0.4, -0.2) is 5.97 Å². The fraction of sp³-hybridized carbons (Fsp3) is 0.0833. The second kappa shape index (κ2) is 4.77. The lowest BCUT2D eigenvalue weighted by molar-refractivity contribution is -0.130. The summed E-state index contributed by atoms with van der Waals surface area (Å²) >= 11 is 0. The highest BCUT2D eigenvalue weighted by atomic mass is 16.5. The van der Waals surface area contributed by atoms with Gasteiger partial charge in [0.15, 0.2) is 0 Å². The van der Waals surface area contributed by atoms with Gasteiger partial charge in [-0.2, -0.15) is 10.5 Å². The predicted molar refractivity (Wildman–Crippen MR) is 56.3 cm³/mol. The Bertz CT molecular complexity index is 533. The van der Waals surface area contributed by atoms with Crippen molar-refractivity contribution in [2.24, 2.45) is 0 Å². The first-order valence-electron chi connectivity index (χ1n) is 4.40. The third-order valence-corrected chi connectivity index (χ3v) is 1.79. The van der Waals surface area contributed by atoms with E-state index in [2.05, 4.69) is 6.58 Å².